The van der Waals surface area contributed by atoms with Crippen molar-refractivity contribution in [3.8, 4) is 0 Å². The van der Waals surface area contributed by atoms with Crippen molar-refractivity contribution in [3.63, 3.8) is 0 Å². The molecule has 0 aromatic heterocycles. The molecule has 180 valence electrons. The topological polar surface area (TPSA) is 78.5 Å². The molecule has 0 spiro atoms. The molecule has 0 bridgehead atoms. The summed E-state index contributed by atoms with van der Waals surface area (Å²) in [6.07, 6.45) is 0.940. The van der Waals surface area contributed by atoms with Gasteiger partial charge in [0.05, 0.1) is 0 Å². The Morgan fingerprint density at radius 3 is 2.14 bits per heavy atom. The van der Waals surface area contributed by atoms with E-state index in [1.54, 1.807) is 35.2 Å². The fraction of sp³-hybridized carbons (Fsp3) is 0.222. The number of amides is 3. The number of para-hydroxylation sites is 1. The van der Waals surface area contributed by atoms with Gasteiger partial charge >= 0.3 is 0 Å². The number of carbonyl (C=O) groups is 3. The Balaban J connectivity index is 1.47. The molecule has 1 fully saturated rings. The van der Waals surface area contributed by atoms with Crippen molar-refractivity contribution in [3.05, 3.63) is 102 Å². The third kappa shape index (κ3) is 6.09. The quantitative estimate of drug-likeness (QED) is 0.557. The van der Waals surface area contributed by atoms with E-state index in [0.29, 0.717) is 31.6 Å². The van der Waals surface area contributed by atoms with Crippen LogP contribution < -0.4 is 10.6 Å². The molecule has 1 aliphatic heterocycles. The first-order valence-corrected chi connectivity index (χ1v) is 11.4. The van der Waals surface area contributed by atoms with Crippen LogP contribution in [0.3, 0.4) is 0 Å². The lowest BCUT2D eigenvalue weighted by Gasteiger charge is -2.36. The second kappa shape index (κ2) is 10.9. The minimum Gasteiger partial charge on any atom is -0.340 e. The summed E-state index contributed by atoms with van der Waals surface area (Å²) in [6, 6.07) is 18.7. The van der Waals surface area contributed by atoms with E-state index in [2.05, 4.69) is 10.6 Å². The van der Waals surface area contributed by atoms with Gasteiger partial charge in [-0.25, -0.2) is 8.78 Å². The van der Waals surface area contributed by atoms with Crippen LogP contribution in [0, 0.1) is 17.6 Å². The van der Waals surface area contributed by atoms with Crippen LogP contribution in [-0.2, 0) is 4.79 Å². The van der Waals surface area contributed by atoms with Gasteiger partial charge in [-0.05, 0) is 73.4 Å². The van der Waals surface area contributed by atoms with Crippen molar-refractivity contribution >= 4 is 23.4 Å². The maximum absolute atomic E-state index is 13.5. The molecule has 0 saturated carbocycles. The molecule has 1 aliphatic rings. The van der Waals surface area contributed by atoms with E-state index in [1.807, 2.05) is 6.07 Å². The highest BCUT2D eigenvalue weighted by Gasteiger charge is 2.34. The van der Waals surface area contributed by atoms with Gasteiger partial charge in [-0.2, -0.15) is 0 Å². The Labute approximate surface area is 201 Å². The summed E-state index contributed by atoms with van der Waals surface area (Å²) in [5.74, 6) is -2.32. The molecule has 2 N–H and O–H groups in total. The summed E-state index contributed by atoms with van der Waals surface area (Å²) >= 11 is 0. The lowest BCUT2D eigenvalue weighted by Crippen LogP contribution is -2.52. The lowest BCUT2D eigenvalue weighted by atomic mass is 9.88. The summed E-state index contributed by atoms with van der Waals surface area (Å²) in [4.78, 5) is 40.4. The van der Waals surface area contributed by atoms with Crippen molar-refractivity contribution < 1.29 is 23.2 Å². The highest BCUT2D eigenvalue weighted by atomic mass is 19.1. The zero-order valence-electron chi connectivity index (χ0n) is 18.9. The number of halogens is 2. The van der Waals surface area contributed by atoms with Gasteiger partial charge in [-0.1, -0.05) is 24.3 Å². The van der Waals surface area contributed by atoms with Gasteiger partial charge in [0, 0.05) is 29.9 Å². The monoisotopic (exact) mass is 477 g/mol. The third-order valence-electron chi connectivity index (χ3n) is 6.09. The van der Waals surface area contributed by atoms with Crippen molar-refractivity contribution in [2.75, 3.05) is 18.4 Å². The van der Waals surface area contributed by atoms with Crippen LogP contribution in [0.4, 0.5) is 14.5 Å². The van der Waals surface area contributed by atoms with Gasteiger partial charge < -0.3 is 15.5 Å². The highest BCUT2D eigenvalue weighted by molar-refractivity contribution is 6.01. The number of hydrogen-bond acceptors (Lipinski definition) is 3. The highest BCUT2D eigenvalue weighted by Crippen LogP contribution is 2.24. The van der Waals surface area contributed by atoms with Crippen molar-refractivity contribution in [1.29, 1.82) is 0 Å². The molecule has 3 aromatic rings. The van der Waals surface area contributed by atoms with Crippen LogP contribution >= 0.6 is 0 Å². The molecule has 3 aromatic carbocycles. The number of anilines is 1. The van der Waals surface area contributed by atoms with Gasteiger partial charge in [0.1, 0.15) is 17.7 Å². The van der Waals surface area contributed by atoms with Gasteiger partial charge in [-0.15, -0.1) is 0 Å². The molecule has 0 aliphatic carbocycles. The molecule has 3 amide bonds. The molecule has 4 rings (SSSR count). The fourth-order valence-electron chi connectivity index (χ4n) is 4.20. The van der Waals surface area contributed by atoms with Crippen molar-refractivity contribution in [2.45, 2.75) is 18.9 Å². The number of carbonyl (C=O) groups excluding carboxylic acids is 3. The predicted octanol–water partition coefficient (Wildman–Crippen LogP) is 4.25. The molecule has 1 heterocycles. The fourth-order valence-corrected chi connectivity index (χ4v) is 4.20. The zero-order chi connectivity index (χ0) is 24.8. The summed E-state index contributed by atoms with van der Waals surface area (Å²) < 4.78 is 26.8. The maximum Gasteiger partial charge on any atom is 0.253 e. The average Bonchev–Trinajstić information content (AvgIpc) is 2.88. The summed E-state index contributed by atoms with van der Waals surface area (Å²) in [6.45, 7) is 0.725. The van der Waals surface area contributed by atoms with Crippen LogP contribution in [0.25, 0.3) is 0 Å². The Morgan fingerprint density at radius 1 is 0.800 bits per heavy atom. The zero-order valence-corrected chi connectivity index (χ0v) is 18.9. The van der Waals surface area contributed by atoms with E-state index < -0.39 is 23.6 Å². The van der Waals surface area contributed by atoms with E-state index >= 15 is 0 Å². The number of nitrogens with one attached hydrogen (secondary N) is 2. The largest absolute Gasteiger partial charge is 0.340 e. The Bertz CT molecular complexity index is 1190. The average molecular weight is 478 g/mol. The lowest BCUT2D eigenvalue weighted by molar-refractivity contribution is -0.119. The number of rotatable bonds is 6. The normalized spacial score (nSPS) is 14.7. The van der Waals surface area contributed by atoms with Crippen molar-refractivity contribution in [1.82, 2.24) is 10.2 Å². The first kappa shape index (κ1) is 24.1. The summed E-state index contributed by atoms with van der Waals surface area (Å²) in [7, 11) is 0. The molecule has 8 heteroatoms. The second-order valence-corrected chi connectivity index (χ2v) is 8.45. The van der Waals surface area contributed by atoms with Crippen LogP contribution in [-0.4, -0.2) is 41.8 Å². The van der Waals surface area contributed by atoms with E-state index in [1.165, 1.54) is 42.5 Å². The number of piperidine rings is 1. The van der Waals surface area contributed by atoms with E-state index in [4.69, 9.17) is 0 Å². The van der Waals surface area contributed by atoms with Crippen molar-refractivity contribution in [2.24, 2.45) is 5.92 Å². The minimum absolute atomic E-state index is 0.236. The molecule has 0 unspecified atom stereocenters. The van der Waals surface area contributed by atoms with Gasteiger partial charge in [0.2, 0.25) is 5.91 Å². The number of nitrogens with zero attached hydrogens (tertiary/aromatic N) is 1. The Hall–Kier alpha value is -4.07. The minimum atomic E-state index is -0.862. The molecule has 0 radical (unpaired) electrons. The smallest absolute Gasteiger partial charge is 0.253 e. The molecule has 35 heavy (non-hydrogen) atoms. The van der Waals surface area contributed by atoms with Gasteiger partial charge in [0.25, 0.3) is 11.8 Å². The first-order chi connectivity index (χ1) is 16.9. The number of likely N-dealkylation sites (tertiary alicyclic amines) is 1. The number of hydrogen-bond donors (Lipinski definition) is 2. The molecule has 1 atom stereocenters. The number of benzene rings is 3. The standard InChI is InChI=1S/C27H25F2N3O3/c28-21-11-9-19(10-12-21)25(33)31-24(26(34)30-23-7-2-1-3-8-23)18-13-15-32(16-14-18)27(35)20-5-4-6-22(29)17-20/h1-12,17-18,24H,13-16H2,(H,30,34)(H,31,33)/t24-/m0/s1. The Morgan fingerprint density at radius 2 is 1.49 bits per heavy atom. The molecular weight excluding hydrogens is 452 g/mol. The van der Waals surface area contributed by atoms with Gasteiger partial charge in [0.15, 0.2) is 0 Å². The van der Waals surface area contributed by atoms with E-state index in [9.17, 15) is 23.2 Å². The van der Waals surface area contributed by atoms with E-state index in [-0.39, 0.29) is 28.9 Å². The van der Waals surface area contributed by atoms with Crippen LogP contribution in [0.5, 0.6) is 0 Å². The molecule has 1 saturated heterocycles. The van der Waals surface area contributed by atoms with E-state index in [0.717, 1.165) is 0 Å². The molecular formula is C27H25F2N3O3. The van der Waals surface area contributed by atoms with Gasteiger partial charge in [-0.3, -0.25) is 14.4 Å². The maximum atomic E-state index is 13.5. The predicted molar refractivity (Wildman–Crippen MR) is 128 cm³/mol. The Kier molecular flexibility index (Phi) is 7.50. The first-order valence-electron chi connectivity index (χ1n) is 11.4. The third-order valence-corrected chi connectivity index (χ3v) is 6.09. The second-order valence-electron chi connectivity index (χ2n) is 8.45. The van der Waals surface area contributed by atoms with Crippen LogP contribution in [0.2, 0.25) is 0 Å². The van der Waals surface area contributed by atoms with Crippen LogP contribution in [0.15, 0.2) is 78.9 Å². The summed E-state index contributed by atoms with van der Waals surface area (Å²) in [5.41, 5.74) is 1.10. The van der Waals surface area contributed by atoms with Crippen LogP contribution in [0.1, 0.15) is 33.6 Å². The molecule has 6 nitrogen and oxygen atoms in total. The summed E-state index contributed by atoms with van der Waals surface area (Å²) in [5, 5.41) is 5.63. The SMILES string of the molecule is O=C(N[C@H](C(=O)Nc1ccccc1)C1CCN(C(=O)c2cccc(F)c2)CC1)c1ccc(F)cc1.